The molecule has 0 radical (unpaired) electrons. The van der Waals surface area contributed by atoms with Crippen LogP contribution in [0.25, 0.3) is 0 Å². The summed E-state index contributed by atoms with van der Waals surface area (Å²) in [6, 6.07) is 0.595. The summed E-state index contributed by atoms with van der Waals surface area (Å²) in [5.41, 5.74) is -0.134. The van der Waals surface area contributed by atoms with Crippen LogP contribution in [0, 0.1) is 11.2 Å². The Morgan fingerprint density at radius 2 is 1.81 bits per heavy atom. The molecule has 1 N–H and O–H groups in total. The van der Waals surface area contributed by atoms with Crippen LogP contribution in [-0.2, 0) is 10.0 Å². The number of hydrazine groups is 1. The standard InChI is InChI=1S/C24H32F5N3O4S/c1-23(6-9-31(10-7-23)32-8-5-16(25)11-21(32)24(27,28)29)14-36-20-13-19(26)18(12-17(20)15-3-4-15)22(33)30-37(2,34)35/h12-13,15-16,21H,3-11,14H2,1-2H3,(H,30,33). The van der Waals surface area contributed by atoms with E-state index >= 15 is 0 Å². The van der Waals surface area contributed by atoms with Gasteiger partial charge in [0.1, 0.15) is 23.8 Å². The molecule has 0 spiro atoms. The summed E-state index contributed by atoms with van der Waals surface area (Å²) >= 11 is 0. The molecule has 2 atom stereocenters. The van der Waals surface area contributed by atoms with Crippen LogP contribution in [0.15, 0.2) is 12.1 Å². The molecular weight excluding hydrogens is 521 g/mol. The Morgan fingerprint density at radius 1 is 1.16 bits per heavy atom. The minimum Gasteiger partial charge on any atom is -0.493 e. The summed E-state index contributed by atoms with van der Waals surface area (Å²) in [5, 5.41) is 2.92. The van der Waals surface area contributed by atoms with Crippen LogP contribution in [0.1, 0.15) is 67.3 Å². The number of carbonyl (C=O) groups is 1. The lowest BCUT2D eigenvalue weighted by atomic mass is 9.81. The molecule has 37 heavy (non-hydrogen) atoms. The van der Waals surface area contributed by atoms with Gasteiger partial charge in [-0.3, -0.25) is 4.79 Å². The van der Waals surface area contributed by atoms with Gasteiger partial charge < -0.3 is 4.74 Å². The highest BCUT2D eigenvalue weighted by Gasteiger charge is 2.49. The smallest absolute Gasteiger partial charge is 0.405 e. The number of sulfonamides is 1. The van der Waals surface area contributed by atoms with E-state index in [1.807, 2.05) is 6.92 Å². The first-order valence-electron chi connectivity index (χ1n) is 12.4. The van der Waals surface area contributed by atoms with Gasteiger partial charge in [0.05, 0.1) is 18.4 Å². The van der Waals surface area contributed by atoms with E-state index in [9.17, 15) is 35.2 Å². The van der Waals surface area contributed by atoms with E-state index in [2.05, 4.69) is 0 Å². The van der Waals surface area contributed by atoms with Crippen LogP contribution in [-0.4, -0.2) is 75.2 Å². The van der Waals surface area contributed by atoms with Crippen LogP contribution >= 0.6 is 0 Å². The predicted octanol–water partition coefficient (Wildman–Crippen LogP) is 4.15. The molecule has 3 aliphatic rings. The van der Waals surface area contributed by atoms with Crippen molar-refractivity contribution in [3.8, 4) is 5.75 Å². The molecular formula is C24H32F5N3O4S. The summed E-state index contributed by atoms with van der Waals surface area (Å²) in [7, 11) is -3.86. The highest BCUT2D eigenvalue weighted by molar-refractivity contribution is 7.89. The van der Waals surface area contributed by atoms with Crippen LogP contribution in [0.3, 0.4) is 0 Å². The largest absolute Gasteiger partial charge is 0.493 e. The third kappa shape index (κ3) is 6.91. The number of halogens is 5. The van der Waals surface area contributed by atoms with Gasteiger partial charge in [0.25, 0.3) is 5.91 Å². The lowest BCUT2D eigenvalue weighted by Crippen LogP contribution is -2.60. The minimum atomic E-state index is -4.51. The molecule has 2 heterocycles. The summed E-state index contributed by atoms with van der Waals surface area (Å²) < 4.78 is 99.6. The lowest BCUT2D eigenvalue weighted by molar-refractivity contribution is -0.243. The minimum absolute atomic E-state index is 0.0157. The zero-order valence-electron chi connectivity index (χ0n) is 20.8. The number of benzene rings is 1. The van der Waals surface area contributed by atoms with Crippen molar-refractivity contribution in [1.82, 2.24) is 14.7 Å². The number of nitrogens with one attached hydrogen (secondary N) is 1. The molecule has 1 amide bonds. The van der Waals surface area contributed by atoms with Crippen molar-refractivity contribution in [2.75, 3.05) is 32.5 Å². The molecule has 7 nitrogen and oxygen atoms in total. The second kappa shape index (κ2) is 10.3. The van der Waals surface area contributed by atoms with Gasteiger partial charge in [0.15, 0.2) is 0 Å². The number of nitrogens with zero attached hydrogens (tertiary/aromatic N) is 2. The van der Waals surface area contributed by atoms with Crippen molar-refractivity contribution in [3.05, 3.63) is 29.1 Å². The van der Waals surface area contributed by atoms with E-state index in [0.717, 1.165) is 25.2 Å². The maximum absolute atomic E-state index is 14.8. The molecule has 13 heteroatoms. The third-order valence-corrected chi connectivity index (χ3v) is 7.97. The van der Waals surface area contributed by atoms with E-state index in [0.29, 0.717) is 31.5 Å². The highest BCUT2D eigenvalue weighted by Crippen LogP contribution is 2.46. The number of hydrogen-bond acceptors (Lipinski definition) is 6. The maximum Gasteiger partial charge on any atom is 0.405 e. The molecule has 1 aliphatic carbocycles. The quantitative estimate of drug-likeness (QED) is 0.512. The van der Waals surface area contributed by atoms with Crippen molar-refractivity contribution in [2.24, 2.45) is 5.41 Å². The van der Waals surface area contributed by atoms with Gasteiger partial charge in [-0.1, -0.05) is 6.92 Å². The van der Waals surface area contributed by atoms with E-state index in [4.69, 9.17) is 4.74 Å². The molecule has 1 aromatic carbocycles. The number of rotatable bonds is 7. The number of amides is 1. The summed E-state index contributed by atoms with van der Waals surface area (Å²) in [4.78, 5) is 12.2. The Balaban J connectivity index is 1.41. The molecule has 0 bridgehead atoms. The highest BCUT2D eigenvalue weighted by atomic mass is 32.2. The summed E-state index contributed by atoms with van der Waals surface area (Å²) in [5.74, 6) is -1.61. The van der Waals surface area contributed by atoms with Crippen molar-refractivity contribution >= 4 is 15.9 Å². The number of hydrogen-bond donors (Lipinski definition) is 1. The normalized spacial score (nSPS) is 25.6. The third-order valence-electron chi connectivity index (χ3n) is 7.41. The van der Waals surface area contributed by atoms with E-state index in [1.54, 1.807) is 9.73 Å². The van der Waals surface area contributed by atoms with Crippen molar-refractivity contribution in [3.63, 3.8) is 0 Å². The zero-order chi connectivity index (χ0) is 27.2. The van der Waals surface area contributed by atoms with Crippen LogP contribution < -0.4 is 9.46 Å². The lowest BCUT2D eigenvalue weighted by Gasteiger charge is -2.48. The van der Waals surface area contributed by atoms with Gasteiger partial charge >= 0.3 is 6.18 Å². The van der Waals surface area contributed by atoms with E-state index in [1.165, 1.54) is 11.1 Å². The fourth-order valence-electron chi connectivity index (χ4n) is 5.05. The van der Waals surface area contributed by atoms with Crippen molar-refractivity contribution < 1.29 is 39.9 Å². The van der Waals surface area contributed by atoms with Crippen LogP contribution in [0.5, 0.6) is 5.75 Å². The molecule has 2 aliphatic heterocycles. The van der Waals surface area contributed by atoms with Gasteiger partial charge in [0.2, 0.25) is 10.0 Å². The monoisotopic (exact) mass is 553 g/mol. The summed E-state index contributed by atoms with van der Waals surface area (Å²) in [6.45, 7) is 2.89. The van der Waals surface area contributed by atoms with Gasteiger partial charge in [-0.05, 0) is 49.7 Å². The first-order chi connectivity index (χ1) is 17.2. The van der Waals surface area contributed by atoms with E-state index in [-0.39, 0.29) is 42.2 Å². The second-order valence-corrected chi connectivity index (χ2v) is 12.5. The molecule has 208 valence electrons. The molecule has 2 saturated heterocycles. The average molecular weight is 554 g/mol. The van der Waals surface area contributed by atoms with Gasteiger partial charge in [-0.15, -0.1) is 0 Å². The second-order valence-electron chi connectivity index (χ2n) is 10.7. The molecule has 3 fully saturated rings. The molecule has 1 aromatic rings. The first kappa shape index (κ1) is 28.0. The van der Waals surface area contributed by atoms with Crippen molar-refractivity contribution in [2.45, 2.75) is 69.8 Å². The number of alkyl halides is 4. The van der Waals surface area contributed by atoms with Crippen LogP contribution in [0.2, 0.25) is 0 Å². The zero-order valence-corrected chi connectivity index (χ0v) is 21.6. The Hall–Kier alpha value is -1.99. The van der Waals surface area contributed by atoms with Gasteiger partial charge in [-0.25, -0.2) is 31.9 Å². The fourth-order valence-corrected chi connectivity index (χ4v) is 5.49. The Bertz CT molecular complexity index is 1120. The Kier molecular flexibility index (Phi) is 7.80. The van der Waals surface area contributed by atoms with Crippen molar-refractivity contribution in [1.29, 1.82) is 0 Å². The Morgan fingerprint density at radius 3 is 2.38 bits per heavy atom. The molecule has 1 saturated carbocycles. The Labute approximate surface area is 213 Å². The number of piperidine rings is 2. The number of ether oxygens (including phenoxy) is 1. The fraction of sp³-hybridized carbons (Fsp3) is 0.708. The van der Waals surface area contributed by atoms with Gasteiger partial charge in [0, 0.05) is 37.5 Å². The average Bonchev–Trinajstić information content (AvgIpc) is 3.62. The van der Waals surface area contributed by atoms with Crippen LogP contribution in [0.4, 0.5) is 22.0 Å². The number of carbonyl (C=O) groups excluding carboxylic acids is 1. The molecule has 4 rings (SSSR count). The summed E-state index contributed by atoms with van der Waals surface area (Å²) in [6.07, 6.45) is -2.94. The topological polar surface area (TPSA) is 78.9 Å². The maximum atomic E-state index is 14.8. The van der Waals surface area contributed by atoms with E-state index < -0.39 is 46.6 Å². The first-order valence-corrected chi connectivity index (χ1v) is 14.2. The predicted molar refractivity (Wildman–Crippen MR) is 126 cm³/mol. The molecule has 2 unspecified atom stereocenters. The molecule has 0 aromatic heterocycles. The SMILES string of the molecule is CC1(COc2cc(F)c(C(=O)NS(C)(=O)=O)cc2C2CC2)CCN(N2CCC(F)CC2C(F)(F)F)CC1. The van der Waals surface area contributed by atoms with Gasteiger partial charge in [-0.2, -0.15) is 13.2 Å².